The summed E-state index contributed by atoms with van der Waals surface area (Å²) in [5.74, 6) is 0.788. The molecule has 1 unspecified atom stereocenters. The summed E-state index contributed by atoms with van der Waals surface area (Å²) in [4.78, 5) is 18.9. The van der Waals surface area contributed by atoms with E-state index in [2.05, 4.69) is 10.3 Å². The van der Waals surface area contributed by atoms with E-state index in [4.69, 9.17) is 10.5 Å². The Labute approximate surface area is 125 Å². The number of hydrogen-bond acceptors (Lipinski definition) is 5. The second-order valence-electron chi connectivity index (χ2n) is 5.27. The number of carbonyl (C=O) groups is 1. The molecule has 1 saturated heterocycles. The van der Waals surface area contributed by atoms with Gasteiger partial charge in [-0.3, -0.25) is 4.79 Å². The van der Waals surface area contributed by atoms with E-state index in [9.17, 15) is 4.79 Å². The highest BCUT2D eigenvalue weighted by Gasteiger charge is 2.31. The van der Waals surface area contributed by atoms with Crippen LogP contribution in [0.2, 0.25) is 0 Å². The lowest BCUT2D eigenvalue weighted by atomic mass is 10.1. The number of carbonyl (C=O) groups excluding carboxylic acids is 1. The van der Waals surface area contributed by atoms with Gasteiger partial charge in [0.15, 0.2) is 0 Å². The quantitative estimate of drug-likeness (QED) is 0.844. The minimum Gasteiger partial charge on any atom is -0.377 e. The van der Waals surface area contributed by atoms with Crippen molar-refractivity contribution in [3.05, 3.63) is 22.9 Å². The molecule has 1 aromatic heterocycles. The molecule has 1 aromatic rings. The van der Waals surface area contributed by atoms with Crippen LogP contribution < -0.4 is 16.0 Å². The van der Waals surface area contributed by atoms with Gasteiger partial charge in [-0.1, -0.05) is 0 Å². The van der Waals surface area contributed by atoms with E-state index in [1.165, 1.54) is 0 Å². The number of pyridine rings is 1. The topological polar surface area (TPSA) is 80.5 Å². The van der Waals surface area contributed by atoms with Gasteiger partial charge >= 0.3 is 0 Å². The smallest absolute Gasteiger partial charge is 0.245 e. The maximum absolute atomic E-state index is 12.3. The van der Waals surface area contributed by atoms with Crippen LogP contribution in [0.4, 0.5) is 5.82 Å². The first-order valence-electron chi connectivity index (χ1n) is 7.37. The molecule has 6 nitrogen and oxygen atoms in total. The Morgan fingerprint density at radius 2 is 2.33 bits per heavy atom. The number of nitrogens with one attached hydrogen (secondary N) is 1. The van der Waals surface area contributed by atoms with Gasteiger partial charge in [0, 0.05) is 30.9 Å². The van der Waals surface area contributed by atoms with Crippen LogP contribution in [0.5, 0.6) is 0 Å². The van der Waals surface area contributed by atoms with Gasteiger partial charge < -0.3 is 20.7 Å². The average molecular weight is 292 g/mol. The highest BCUT2D eigenvalue weighted by atomic mass is 16.5. The molecule has 0 bridgehead atoms. The minimum absolute atomic E-state index is 0.0267. The van der Waals surface area contributed by atoms with Gasteiger partial charge in [0.05, 0.1) is 13.2 Å². The number of rotatable bonds is 4. The fraction of sp³-hybridized carbons (Fsp3) is 0.600. The van der Waals surface area contributed by atoms with Gasteiger partial charge in [-0.05, 0) is 32.4 Å². The molecule has 0 radical (unpaired) electrons. The van der Waals surface area contributed by atoms with E-state index < -0.39 is 0 Å². The summed E-state index contributed by atoms with van der Waals surface area (Å²) < 4.78 is 5.47. The van der Waals surface area contributed by atoms with Gasteiger partial charge in [-0.25, -0.2) is 4.98 Å². The summed E-state index contributed by atoms with van der Waals surface area (Å²) in [5, 5.41) is 2.86. The summed E-state index contributed by atoms with van der Waals surface area (Å²) in [5.41, 5.74) is 8.93. The summed E-state index contributed by atoms with van der Waals surface area (Å²) in [6.45, 7) is 8.53. The molecule has 6 heteroatoms. The molecule has 0 saturated carbocycles. The summed E-state index contributed by atoms with van der Waals surface area (Å²) in [6, 6.07) is 1.67. The molecule has 0 aromatic carbocycles. The van der Waals surface area contributed by atoms with Gasteiger partial charge in [-0.15, -0.1) is 0 Å². The molecule has 1 fully saturated rings. The lowest BCUT2D eigenvalue weighted by Gasteiger charge is -2.36. The van der Waals surface area contributed by atoms with Gasteiger partial charge in [0.2, 0.25) is 5.91 Å². The third-order valence-electron chi connectivity index (χ3n) is 3.71. The van der Waals surface area contributed by atoms with Gasteiger partial charge in [0.25, 0.3) is 0 Å². The van der Waals surface area contributed by atoms with Crippen LogP contribution in [-0.4, -0.2) is 43.2 Å². The number of anilines is 1. The lowest BCUT2D eigenvalue weighted by Crippen LogP contribution is -2.54. The molecule has 3 N–H and O–H groups in total. The third kappa shape index (κ3) is 3.33. The van der Waals surface area contributed by atoms with Gasteiger partial charge in [-0.2, -0.15) is 0 Å². The Morgan fingerprint density at radius 3 is 3.00 bits per heavy atom. The number of aromatic nitrogens is 1. The van der Waals surface area contributed by atoms with Crippen LogP contribution >= 0.6 is 0 Å². The Balaban J connectivity index is 2.39. The Hall–Kier alpha value is -1.66. The monoisotopic (exact) mass is 292 g/mol. The average Bonchev–Trinajstić information content (AvgIpc) is 2.47. The molecule has 0 aliphatic carbocycles. The maximum atomic E-state index is 12.3. The number of nitrogens with two attached hydrogens (primary N) is 1. The van der Waals surface area contributed by atoms with Crippen molar-refractivity contribution >= 4 is 11.7 Å². The molecular weight excluding hydrogens is 268 g/mol. The van der Waals surface area contributed by atoms with E-state index >= 15 is 0 Å². The second kappa shape index (κ2) is 6.87. The first-order chi connectivity index (χ1) is 10.1. The van der Waals surface area contributed by atoms with Gasteiger partial charge in [0.1, 0.15) is 11.9 Å². The van der Waals surface area contributed by atoms with Crippen molar-refractivity contribution in [2.24, 2.45) is 5.73 Å². The van der Waals surface area contributed by atoms with E-state index in [-0.39, 0.29) is 11.9 Å². The standard InChI is InChI=1S/C15H24N4O2/c1-4-17-15(20)13-9-21-6-5-19(13)14-12(8-16)10(2)7-11(3)18-14/h7,13H,4-6,8-9,16H2,1-3H3,(H,17,20). The molecule has 1 aliphatic heterocycles. The predicted octanol–water partition coefficient (Wildman–Crippen LogP) is 0.498. The zero-order valence-electron chi connectivity index (χ0n) is 13.0. The molecule has 2 rings (SSSR count). The molecule has 21 heavy (non-hydrogen) atoms. The number of morpholine rings is 1. The van der Waals surface area contributed by atoms with Crippen LogP contribution in [0.25, 0.3) is 0 Å². The van der Waals surface area contributed by atoms with Crippen molar-refractivity contribution in [3.63, 3.8) is 0 Å². The Bertz CT molecular complexity index is 519. The molecule has 1 amide bonds. The molecule has 116 valence electrons. The van der Waals surface area contributed by atoms with E-state index in [0.717, 1.165) is 22.6 Å². The lowest BCUT2D eigenvalue weighted by molar-refractivity contribution is -0.124. The minimum atomic E-state index is -0.349. The highest BCUT2D eigenvalue weighted by molar-refractivity contribution is 5.85. The zero-order valence-corrected chi connectivity index (χ0v) is 13.0. The number of ether oxygens (including phenoxy) is 1. The van der Waals surface area contributed by atoms with Crippen molar-refractivity contribution in [3.8, 4) is 0 Å². The molecular formula is C15H24N4O2. The van der Waals surface area contributed by atoms with Crippen molar-refractivity contribution in [2.45, 2.75) is 33.4 Å². The first kappa shape index (κ1) is 15.7. The second-order valence-corrected chi connectivity index (χ2v) is 5.27. The SMILES string of the molecule is CCNC(=O)C1COCCN1c1nc(C)cc(C)c1CN. The van der Waals surface area contributed by atoms with Crippen LogP contribution in [0, 0.1) is 13.8 Å². The summed E-state index contributed by atoms with van der Waals surface area (Å²) in [6.07, 6.45) is 0. The number of likely N-dealkylation sites (N-methyl/N-ethyl adjacent to an activating group) is 1. The number of nitrogens with zero attached hydrogens (tertiary/aromatic N) is 2. The fourth-order valence-corrected chi connectivity index (χ4v) is 2.70. The van der Waals surface area contributed by atoms with Crippen molar-refractivity contribution < 1.29 is 9.53 Å². The van der Waals surface area contributed by atoms with Crippen molar-refractivity contribution in [1.82, 2.24) is 10.3 Å². The first-order valence-corrected chi connectivity index (χ1v) is 7.37. The third-order valence-corrected chi connectivity index (χ3v) is 3.71. The number of hydrogen-bond donors (Lipinski definition) is 2. The maximum Gasteiger partial charge on any atom is 0.245 e. The highest BCUT2D eigenvalue weighted by Crippen LogP contribution is 2.25. The van der Waals surface area contributed by atoms with Crippen LogP contribution in [-0.2, 0) is 16.1 Å². The summed E-state index contributed by atoms with van der Waals surface area (Å²) in [7, 11) is 0. The van der Waals surface area contributed by atoms with E-state index in [1.54, 1.807) is 0 Å². The molecule has 0 spiro atoms. The largest absolute Gasteiger partial charge is 0.377 e. The zero-order chi connectivity index (χ0) is 15.4. The molecule has 2 heterocycles. The predicted molar refractivity (Wildman–Crippen MR) is 82.2 cm³/mol. The summed E-state index contributed by atoms with van der Waals surface area (Å²) >= 11 is 0. The Kier molecular flexibility index (Phi) is 5.14. The molecule has 1 atom stereocenters. The normalized spacial score (nSPS) is 18.7. The van der Waals surface area contributed by atoms with Crippen molar-refractivity contribution in [2.75, 3.05) is 31.2 Å². The van der Waals surface area contributed by atoms with Crippen LogP contribution in [0.15, 0.2) is 6.07 Å². The van der Waals surface area contributed by atoms with Crippen LogP contribution in [0.1, 0.15) is 23.7 Å². The van der Waals surface area contributed by atoms with E-state index in [0.29, 0.717) is 32.8 Å². The molecule has 1 aliphatic rings. The van der Waals surface area contributed by atoms with Crippen LogP contribution in [0.3, 0.4) is 0 Å². The number of amides is 1. The Morgan fingerprint density at radius 1 is 1.57 bits per heavy atom. The van der Waals surface area contributed by atoms with E-state index in [1.807, 2.05) is 31.7 Å². The number of aryl methyl sites for hydroxylation is 2. The van der Waals surface area contributed by atoms with Crippen molar-refractivity contribution in [1.29, 1.82) is 0 Å². The fourth-order valence-electron chi connectivity index (χ4n) is 2.70.